The fraction of sp³-hybridized carbons (Fsp3) is 0.294. The molecular weight excluding hydrogens is 289 g/mol. The van der Waals surface area contributed by atoms with E-state index in [0.29, 0.717) is 17.0 Å². The molecule has 2 aromatic rings. The van der Waals surface area contributed by atoms with Crippen LogP contribution in [0.1, 0.15) is 29.2 Å². The summed E-state index contributed by atoms with van der Waals surface area (Å²) in [6.45, 7) is 0.753. The highest BCUT2D eigenvalue weighted by molar-refractivity contribution is 6.31. The smallest absolute Gasteiger partial charge is 0.129 e. The van der Waals surface area contributed by atoms with Crippen LogP contribution in [0.25, 0.3) is 0 Å². The lowest BCUT2D eigenvalue weighted by molar-refractivity contribution is 0.357. The molecule has 1 aliphatic heterocycles. The summed E-state index contributed by atoms with van der Waals surface area (Å²) in [6.07, 6.45) is 2.40. The summed E-state index contributed by atoms with van der Waals surface area (Å²) in [7, 11) is 0. The highest BCUT2D eigenvalue weighted by Crippen LogP contribution is 2.29. The molecule has 0 aliphatic carbocycles. The van der Waals surface area contributed by atoms with Crippen LogP contribution in [-0.4, -0.2) is 6.61 Å². The van der Waals surface area contributed by atoms with Crippen LogP contribution >= 0.6 is 11.6 Å². The minimum atomic E-state index is -0.400. The standard InChI is InChI=1S/C17H17ClFNO/c18-13-2-1-3-14(19)17(13)15(20)6-4-11-5-7-16-12(10-11)8-9-21-16/h1-3,5,7,10,15H,4,6,8-9,20H2. The zero-order valence-corrected chi connectivity index (χ0v) is 12.4. The summed E-state index contributed by atoms with van der Waals surface area (Å²) < 4.78 is 19.3. The van der Waals surface area contributed by atoms with E-state index >= 15 is 0 Å². The Balaban J connectivity index is 1.70. The van der Waals surface area contributed by atoms with Crippen molar-refractivity contribution >= 4 is 11.6 Å². The molecule has 21 heavy (non-hydrogen) atoms. The van der Waals surface area contributed by atoms with Crippen molar-refractivity contribution in [3.63, 3.8) is 0 Å². The average molecular weight is 306 g/mol. The Morgan fingerprint density at radius 1 is 1.29 bits per heavy atom. The van der Waals surface area contributed by atoms with Crippen molar-refractivity contribution in [3.8, 4) is 5.75 Å². The minimum absolute atomic E-state index is 0.336. The number of rotatable bonds is 4. The van der Waals surface area contributed by atoms with Gasteiger partial charge in [0.25, 0.3) is 0 Å². The Hall–Kier alpha value is -1.58. The van der Waals surface area contributed by atoms with Gasteiger partial charge in [-0.2, -0.15) is 0 Å². The van der Waals surface area contributed by atoms with E-state index < -0.39 is 6.04 Å². The Morgan fingerprint density at radius 2 is 2.14 bits per heavy atom. The van der Waals surface area contributed by atoms with Gasteiger partial charge < -0.3 is 10.5 Å². The van der Waals surface area contributed by atoms with Crippen molar-refractivity contribution in [1.82, 2.24) is 0 Å². The van der Waals surface area contributed by atoms with E-state index in [4.69, 9.17) is 22.1 Å². The molecule has 110 valence electrons. The van der Waals surface area contributed by atoms with Gasteiger partial charge in [-0.3, -0.25) is 0 Å². The predicted molar refractivity (Wildman–Crippen MR) is 82.3 cm³/mol. The Labute approximate surface area is 128 Å². The lowest BCUT2D eigenvalue weighted by Gasteiger charge is -2.15. The fourth-order valence-corrected chi connectivity index (χ4v) is 3.03. The number of nitrogens with two attached hydrogens (primary N) is 1. The van der Waals surface area contributed by atoms with Crippen LogP contribution in [0.3, 0.4) is 0 Å². The molecule has 0 bridgehead atoms. The molecule has 0 aromatic heterocycles. The largest absolute Gasteiger partial charge is 0.493 e. The highest BCUT2D eigenvalue weighted by Gasteiger charge is 2.16. The van der Waals surface area contributed by atoms with E-state index in [1.54, 1.807) is 12.1 Å². The van der Waals surface area contributed by atoms with Gasteiger partial charge >= 0.3 is 0 Å². The van der Waals surface area contributed by atoms with Crippen LogP contribution in [0.4, 0.5) is 4.39 Å². The lowest BCUT2D eigenvalue weighted by atomic mass is 9.98. The van der Waals surface area contributed by atoms with E-state index in [-0.39, 0.29) is 5.82 Å². The second-order valence-corrected chi connectivity index (χ2v) is 5.73. The van der Waals surface area contributed by atoms with Crippen molar-refractivity contribution in [3.05, 3.63) is 63.9 Å². The van der Waals surface area contributed by atoms with Gasteiger partial charge in [0.15, 0.2) is 0 Å². The molecule has 2 nitrogen and oxygen atoms in total. The predicted octanol–water partition coefficient (Wildman–Crippen LogP) is 4.05. The number of ether oxygens (including phenoxy) is 1. The van der Waals surface area contributed by atoms with Gasteiger partial charge in [-0.1, -0.05) is 29.8 Å². The Bertz CT molecular complexity index is 639. The van der Waals surface area contributed by atoms with E-state index in [0.717, 1.165) is 25.2 Å². The number of aryl methyl sites for hydroxylation is 1. The van der Waals surface area contributed by atoms with E-state index in [1.807, 2.05) is 12.1 Å². The summed E-state index contributed by atoms with van der Waals surface area (Å²) in [5.74, 6) is 0.637. The first-order valence-corrected chi connectivity index (χ1v) is 7.47. The summed E-state index contributed by atoms with van der Waals surface area (Å²) in [5.41, 5.74) is 8.95. The molecule has 0 spiro atoms. The maximum atomic E-state index is 13.8. The van der Waals surface area contributed by atoms with Gasteiger partial charge in [-0.05, 0) is 42.2 Å². The maximum absolute atomic E-state index is 13.8. The third-order valence-electron chi connectivity index (χ3n) is 3.87. The number of hydrogen-bond donors (Lipinski definition) is 1. The van der Waals surface area contributed by atoms with Crippen LogP contribution in [0.2, 0.25) is 5.02 Å². The second kappa shape index (κ2) is 6.04. The molecule has 4 heteroatoms. The Morgan fingerprint density at radius 3 is 2.95 bits per heavy atom. The van der Waals surface area contributed by atoms with Crippen LogP contribution in [0, 0.1) is 5.82 Å². The molecule has 0 fully saturated rings. The SMILES string of the molecule is NC(CCc1ccc2c(c1)CCO2)c1c(F)cccc1Cl. The lowest BCUT2D eigenvalue weighted by Crippen LogP contribution is -2.13. The van der Waals surface area contributed by atoms with Crippen molar-refractivity contribution in [2.75, 3.05) is 6.61 Å². The van der Waals surface area contributed by atoms with Gasteiger partial charge in [0.05, 0.1) is 6.61 Å². The summed E-state index contributed by atoms with van der Waals surface area (Å²) in [6, 6.07) is 10.5. The van der Waals surface area contributed by atoms with E-state index in [2.05, 4.69) is 6.07 Å². The molecule has 2 aromatic carbocycles. The zero-order valence-electron chi connectivity index (χ0n) is 11.6. The first-order valence-electron chi connectivity index (χ1n) is 7.09. The first kappa shape index (κ1) is 14.4. The molecule has 3 rings (SSSR count). The monoisotopic (exact) mass is 305 g/mol. The van der Waals surface area contributed by atoms with Gasteiger partial charge in [0.2, 0.25) is 0 Å². The Kier molecular flexibility index (Phi) is 4.13. The third kappa shape index (κ3) is 3.04. The summed E-state index contributed by atoms with van der Waals surface area (Å²) >= 11 is 6.05. The van der Waals surface area contributed by atoms with E-state index in [1.165, 1.54) is 17.2 Å². The normalized spacial score (nSPS) is 14.6. The first-order chi connectivity index (χ1) is 10.1. The molecular formula is C17H17ClFNO. The quantitative estimate of drug-likeness (QED) is 0.925. The molecule has 1 unspecified atom stereocenters. The van der Waals surface area contributed by atoms with Gasteiger partial charge in [0.1, 0.15) is 11.6 Å². The van der Waals surface area contributed by atoms with Gasteiger partial charge in [-0.15, -0.1) is 0 Å². The molecule has 1 aliphatic rings. The van der Waals surface area contributed by atoms with E-state index in [9.17, 15) is 4.39 Å². The number of halogens is 2. The fourth-order valence-electron chi connectivity index (χ4n) is 2.73. The van der Waals surface area contributed by atoms with Crippen LogP contribution in [0.5, 0.6) is 5.75 Å². The molecule has 0 amide bonds. The highest BCUT2D eigenvalue weighted by atomic mass is 35.5. The average Bonchev–Trinajstić information content (AvgIpc) is 2.92. The van der Waals surface area contributed by atoms with Crippen molar-refractivity contribution in [2.24, 2.45) is 5.73 Å². The van der Waals surface area contributed by atoms with Crippen LogP contribution < -0.4 is 10.5 Å². The number of fused-ring (bicyclic) bond motifs is 1. The topological polar surface area (TPSA) is 35.2 Å². The minimum Gasteiger partial charge on any atom is -0.493 e. The van der Waals surface area contributed by atoms with Crippen molar-refractivity contribution in [1.29, 1.82) is 0 Å². The summed E-state index contributed by atoms with van der Waals surface area (Å²) in [5, 5.41) is 0.393. The molecule has 0 saturated heterocycles. The summed E-state index contributed by atoms with van der Waals surface area (Å²) in [4.78, 5) is 0. The third-order valence-corrected chi connectivity index (χ3v) is 4.20. The molecule has 1 atom stereocenters. The van der Waals surface area contributed by atoms with Crippen LogP contribution in [0.15, 0.2) is 36.4 Å². The van der Waals surface area contributed by atoms with Gasteiger partial charge in [-0.25, -0.2) is 4.39 Å². The number of hydrogen-bond acceptors (Lipinski definition) is 2. The van der Waals surface area contributed by atoms with Gasteiger partial charge in [0, 0.05) is 23.0 Å². The maximum Gasteiger partial charge on any atom is 0.129 e. The van der Waals surface area contributed by atoms with Crippen molar-refractivity contribution < 1.29 is 9.13 Å². The zero-order chi connectivity index (χ0) is 14.8. The molecule has 2 N–H and O–H groups in total. The second-order valence-electron chi connectivity index (χ2n) is 5.32. The molecule has 0 radical (unpaired) electrons. The van der Waals surface area contributed by atoms with Crippen molar-refractivity contribution in [2.45, 2.75) is 25.3 Å². The number of benzene rings is 2. The molecule has 1 heterocycles. The molecule has 0 saturated carbocycles. The van der Waals surface area contributed by atoms with Crippen LogP contribution in [-0.2, 0) is 12.8 Å².